The molecule has 8 nitrogen and oxygen atoms in total. The number of nitrogens with zero attached hydrogens (tertiary/aromatic N) is 1. The monoisotopic (exact) mass is 370 g/mol. The third kappa shape index (κ3) is 4.41. The third-order valence-corrected chi connectivity index (χ3v) is 4.48. The number of nitro benzene ring substituents is 1. The summed E-state index contributed by atoms with van der Waals surface area (Å²) in [5.41, 5.74) is -2.70. The minimum Gasteiger partial charge on any atom is -0.480 e. The molecule has 0 aromatic heterocycles. The normalized spacial score (nSPS) is 13.8. The van der Waals surface area contributed by atoms with Gasteiger partial charge >= 0.3 is 12.1 Å². The van der Waals surface area contributed by atoms with Crippen molar-refractivity contribution < 1.29 is 36.4 Å². The van der Waals surface area contributed by atoms with Crippen LogP contribution in [0.2, 0.25) is 0 Å². The zero-order valence-electron chi connectivity index (χ0n) is 12.4. The van der Waals surface area contributed by atoms with Crippen LogP contribution >= 0.6 is 0 Å². The molecule has 0 fully saturated rings. The van der Waals surface area contributed by atoms with Crippen molar-refractivity contribution in [2.75, 3.05) is 0 Å². The average Bonchev–Trinajstić information content (AvgIpc) is 2.42. The summed E-state index contributed by atoms with van der Waals surface area (Å²) in [7, 11) is -4.88. The standard InChI is InChI=1S/C12H13F3N2O6S/c1-6(2)10(11(18)19)16-24(22,23)9-4-3-7(17(20)21)5-8(9)12(13,14)15/h3-6,10,16H,1-2H3,(H,18,19)/t10-/m1/s1. The van der Waals surface area contributed by atoms with E-state index in [4.69, 9.17) is 5.11 Å². The van der Waals surface area contributed by atoms with Gasteiger partial charge < -0.3 is 5.11 Å². The molecule has 1 rings (SSSR count). The molecule has 0 aliphatic heterocycles. The van der Waals surface area contributed by atoms with Crippen LogP contribution < -0.4 is 4.72 Å². The molecule has 24 heavy (non-hydrogen) atoms. The van der Waals surface area contributed by atoms with Crippen LogP contribution in [0.3, 0.4) is 0 Å². The summed E-state index contributed by atoms with van der Waals surface area (Å²) in [5.74, 6) is -2.31. The lowest BCUT2D eigenvalue weighted by Gasteiger charge is -2.19. The van der Waals surface area contributed by atoms with Gasteiger partial charge in [-0.25, -0.2) is 8.42 Å². The maximum atomic E-state index is 13.0. The van der Waals surface area contributed by atoms with Crippen molar-refractivity contribution in [2.45, 2.75) is 31.0 Å². The van der Waals surface area contributed by atoms with Crippen molar-refractivity contribution in [1.82, 2.24) is 4.72 Å². The van der Waals surface area contributed by atoms with Gasteiger partial charge in [0.1, 0.15) is 6.04 Å². The molecule has 0 heterocycles. The maximum absolute atomic E-state index is 13.0. The molecular formula is C12H13F3N2O6S. The number of rotatable bonds is 6. The Morgan fingerprint density at radius 3 is 2.25 bits per heavy atom. The van der Waals surface area contributed by atoms with E-state index in [1.54, 1.807) is 4.72 Å². The van der Waals surface area contributed by atoms with Crippen molar-refractivity contribution in [3.63, 3.8) is 0 Å². The topological polar surface area (TPSA) is 127 Å². The van der Waals surface area contributed by atoms with Gasteiger partial charge in [-0.3, -0.25) is 14.9 Å². The summed E-state index contributed by atoms with van der Waals surface area (Å²) in [5, 5.41) is 19.6. The Hall–Kier alpha value is -2.21. The Morgan fingerprint density at radius 1 is 1.33 bits per heavy atom. The molecule has 2 N–H and O–H groups in total. The number of halogens is 3. The van der Waals surface area contributed by atoms with Gasteiger partial charge in [0, 0.05) is 12.1 Å². The van der Waals surface area contributed by atoms with Crippen molar-refractivity contribution in [2.24, 2.45) is 5.92 Å². The van der Waals surface area contributed by atoms with Crippen molar-refractivity contribution >= 4 is 21.7 Å². The van der Waals surface area contributed by atoms with Crippen molar-refractivity contribution in [1.29, 1.82) is 0 Å². The lowest BCUT2D eigenvalue weighted by atomic mass is 10.1. The molecule has 0 unspecified atom stereocenters. The van der Waals surface area contributed by atoms with Gasteiger partial charge in [-0.05, 0) is 12.0 Å². The number of nitro groups is 1. The molecule has 0 amide bonds. The van der Waals surface area contributed by atoms with Gasteiger partial charge in [0.25, 0.3) is 5.69 Å². The van der Waals surface area contributed by atoms with Crippen LogP contribution in [-0.4, -0.2) is 30.5 Å². The number of carbonyl (C=O) groups is 1. The molecule has 0 saturated carbocycles. The summed E-state index contributed by atoms with van der Waals surface area (Å²) in [6.07, 6.45) is -5.19. The summed E-state index contributed by atoms with van der Waals surface area (Å²) in [4.78, 5) is 19.2. The van der Waals surface area contributed by atoms with E-state index in [-0.39, 0.29) is 6.07 Å². The Bertz CT molecular complexity index is 761. The molecule has 0 aliphatic rings. The van der Waals surface area contributed by atoms with Crippen LogP contribution in [0.15, 0.2) is 23.1 Å². The first-order chi connectivity index (χ1) is 10.8. The second-order valence-corrected chi connectivity index (χ2v) is 6.80. The van der Waals surface area contributed by atoms with Crippen molar-refractivity contribution in [3.8, 4) is 0 Å². The molecule has 0 bridgehead atoms. The molecular weight excluding hydrogens is 357 g/mol. The van der Waals surface area contributed by atoms with E-state index in [2.05, 4.69) is 0 Å². The van der Waals surface area contributed by atoms with Crippen LogP contribution in [-0.2, 0) is 21.0 Å². The third-order valence-electron chi connectivity index (χ3n) is 2.98. The molecule has 1 atom stereocenters. The van der Waals surface area contributed by atoms with E-state index < -0.39 is 55.2 Å². The number of hydrogen-bond donors (Lipinski definition) is 2. The number of aliphatic carboxylic acids is 1. The largest absolute Gasteiger partial charge is 0.480 e. The fourth-order valence-corrected chi connectivity index (χ4v) is 3.34. The van der Waals surface area contributed by atoms with Crippen LogP contribution in [0.1, 0.15) is 19.4 Å². The summed E-state index contributed by atoms with van der Waals surface area (Å²) >= 11 is 0. The van der Waals surface area contributed by atoms with Gasteiger partial charge in [-0.15, -0.1) is 0 Å². The van der Waals surface area contributed by atoms with E-state index in [0.717, 1.165) is 0 Å². The quantitative estimate of drug-likeness (QED) is 0.582. The van der Waals surface area contributed by atoms with Crippen LogP contribution in [0.5, 0.6) is 0 Å². The van der Waals surface area contributed by atoms with E-state index >= 15 is 0 Å². The highest BCUT2D eigenvalue weighted by Gasteiger charge is 2.40. The smallest absolute Gasteiger partial charge is 0.417 e. The fourth-order valence-electron chi connectivity index (χ4n) is 1.79. The predicted molar refractivity (Wildman–Crippen MR) is 74.7 cm³/mol. The number of sulfonamides is 1. The summed E-state index contributed by atoms with van der Waals surface area (Å²) in [6.45, 7) is 2.73. The van der Waals surface area contributed by atoms with Crippen LogP contribution in [0, 0.1) is 16.0 Å². The first kappa shape index (κ1) is 19.8. The Kier molecular flexibility index (Phi) is 5.56. The van der Waals surface area contributed by atoms with E-state index in [1.807, 2.05) is 0 Å². The number of carboxylic acids is 1. The first-order valence-electron chi connectivity index (χ1n) is 6.38. The SMILES string of the molecule is CC(C)[C@@H](NS(=O)(=O)c1ccc([N+](=O)[O-])cc1C(F)(F)F)C(=O)O. The van der Waals surface area contributed by atoms with Crippen LogP contribution in [0.25, 0.3) is 0 Å². The van der Waals surface area contributed by atoms with Gasteiger partial charge in [-0.1, -0.05) is 13.8 Å². The number of benzene rings is 1. The second kappa shape index (κ2) is 6.73. The van der Waals surface area contributed by atoms with Crippen LogP contribution in [0.4, 0.5) is 18.9 Å². The molecule has 1 aromatic carbocycles. The molecule has 134 valence electrons. The van der Waals surface area contributed by atoms with Gasteiger partial charge in [0.05, 0.1) is 15.4 Å². The average molecular weight is 370 g/mol. The lowest BCUT2D eigenvalue weighted by molar-refractivity contribution is -0.385. The number of hydrogen-bond acceptors (Lipinski definition) is 5. The number of carboxylic acid groups (broad SMARTS) is 1. The molecule has 0 radical (unpaired) electrons. The molecule has 0 spiro atoms. The highest BCUT2D eigenvalue weighted by atomic mass is 32.2. The highest BCUT2D eigenvalue weighted by molar-refractivity contribution is 7.89. The minimum absolute atomic E-state index is 0.0830. The van der Waals surface area contributed by atoms with E-state index in [0.29, 0.717) is 12.1 Å². The number of alkyl halides is 3. The van der Waals surface area contributed by atoms with Gasteiger partial charge in [-0.2, -0.15) is 17.9 Å². The van der Waals surface area contributed by atoms with E-state index in [9.17, 15) is 36.5 Å². The Morgan fingerprint density at radius 2 is 1.88 bits per heavy atom. The minimum atomic E-state index is -5.19. The Balaban J connectivity index is 3.48. The van der Waals surface area contributed by atoms with Gasteiger partial charge in [0.15, 0.2) is 0 Å². The predicted octanol–water partition coefficient (Wildman–Crippen LogP) is 2.00. The molecule has 0 aliphatic carbocycles. The molecule has 12 heteroatoms. The highest BCUT2D eigenvalue weighted by Crippen LogP contribution is 2.36. The molecule has 0 saturated heterocycles. The maximum Gasteiger partial charge on any atom is 0.417 e. The first-order valence-corrected chi connectivity index (χ1v) is 7.86. The zero-order chi connectivity index (χ0) is 18.9. The Labute approximate surface area is 134 Å². The van der Waals surface area contributed by atoms with Crippen molar-refractivity contribution in [3.05, 3.63) is 33.9 Å². The van der Waals surface area contributed by atoms with Gasteiger partial charge in [0.2, 0.25) is 10.0 Å². The summed E-state index contributed by atoms with van der Waals surface area (Å²) < 4.78 is 65.1. The second-order valence-electron chi connectivity index (χ2n) is 5.12. The molecule has 1 aromatic rings. The lowest BCUT2D eigenvalue weighted by Crippen LogP contribution is -2.44. The number of non-ortho nitro benzene ring substituents is 1. The van der Waals surface area contributed by atoms with E-state index in [1.165, 1.54) is 13.8 Å². The summed E-state index contributed by atoms with van der Waals surface area (Å²) in [6, 6.07) is -0.566. The fraction of sp³-hybridized carbons (Fsp3) is 0.417. The number of nitrogens with one attached hydrogen (secondary N) is 1. The zero-order valence-corrected chi connectivity index (χ0v) is 13.2.